The van der Waals surface area contributed by atoms with Gasteiger partial charge in [-0.05, 0) is 91.1 Å². The number of aromatic nitrogens is 5. The van der Waals surface area contributed by atoms with E-state index in [2.05, 4.69) is 30.4 Å². The van der Waals surface area contributed by atoms with E-state index in [4.69, 9.17) is 14.8 Å². The van der Waals surface area contributed by atoms with E-state index in [1.165, 1.54) is 6.07 Å². The molecule has 4 amide bonds. The zero-order valence-corrected chi connectivity index (χ0v) is 40.3. The summed E-state index contributed by atoms with van der Waals surface area (Å²) in [5, 5.41) is 10.9. The maximum absolute atomic E-state index is 14.1. The van der Waals surface area contributed by atoms with Gasteiger partial charge in [0.25, 0.3) is 0 Å². The van der Waals surface area contributed by atoms with E-state index in [1.807, 2.05) is 93.9 Å². The summed E-state index contributed by atoms with van der Waals surface area (Å²) in [6.45, 7) is 10.4. The van der Waals surface area contributed by atoms with Crippen LogP contribution in [0.3, 0.4) is 0 Å². The molecule has 0 radical (unpaired) electrons. The third-order valence-corrected chi connectivity index (χ3v) is 14.2. The normalized spacial score (nSPS) is 17.9. The first-order valence-corrected chi connectivity index (χ1v) is 24.5. The van der Waals surface area contributed by atoms with Gasteiger partial charge >= 0.3 is 0 Å². The highest BCUT2D eigenvalue weighted by Gasteiger charge is 2.42. The molecule has 0 unspecified atom stereocenters. The number of imidazole rings is 1. The van der Waals surface area contributed by atoms with Crippen molar-refractivity contribution in [2.75, 3.05) is 62.3 Å². The Bertz CT molecular complexity index is 2820. The molecule has 4 aromatic heterocycles. The van der Waals surface area contributed by atoms with Crippen molar-refractivity contribution in [3.8, 4) is 21.8 Å². The highest BCUT2D eigenvalue weighted by molar-refractivity contribution is 7.13. The van der Waals surface area contributed by atoms with Gasteiger partial charge in [-0.2, -0.15) is 0 Å². The Kier molecular flexibility index (Phi) is 14.0. The number of aryl methyl sites for hydroxylation is 1. The molecule has 3 aliphatic rings. The van der Waals surface area contributed by atoms with Crippen LogP contribution in [0.1, 0.15) is 69.3 Å². The van der Waals surface area contributed by atoms with Gasteiger partial charge in [-0.25, -0.2) is 23.9 Å². The second-order valence-corrected chi connectivity index (χ2v) is 19.8. The number of likely N-dealkylation sites (tertiary alicyclic amines) is 1. The van der Waals surface area contributed by atoms with Gasteiger partial charge in [-0.15, -0.1) is 16.4 Å². The summed E-state index contributed by atoms with van der Waals surface area (Å²) in [6, 6.07) is 22.9. The van der Waals surface area contributed by atoms with Gasteiger partial charge in [0.15, 0.2) is 5.65 Å². The van der Waals surface area contributed by atoms with Crippen LogP contribution in [-0.2, 0) is 30.5 Å². The zero-order chi connectivity index (χ0) is 48.2. The molecule has 6 aromatic rings. The number of anilines is 2. The molecule has 2 aromatic carbocycles. The van der Waals surface area contributed by atoms with Crippen LogP contribution in [0, 0.1) is 18.2 Å². The molecule has 3 saturated heterocycles. The molecule has 18 heteroatoms. The van der Waals surface area contributed by atoms with E-state index in [0.717, 1.165) is 64.0 Å². The summed E-state index contributed by atoms with van der Waals surface area (Å²) in [5.74, 6) is -0.0318. The van der Waals surface area contributed by atoms with E-state index in [-0.39, 0.29) is 36.2 Å². The lowest BCUT2D eigenvalue weighted by Gasteiger charge is -2.36. The number of halogens is 1. The van der Waals surface area contributed by atoms with Crippen LogP contribution in [0.25, 0.3) is 27.5 Å². The second-order valence-electron chi connectivity index (χ2n) is 19.0. The van der Waals surface area contributed by atoms with E-state index in [0.29, 0.717) is 63.5 Å². The summed E-state index contributed by atoms with van der Waals surface area (Å²) in [5.41, 5.74) is 7.20. The quantitative estimate of drug-likeness (QED) is 0.127. The third-order valence-electron chi connectivity index (χ3n) is 13.2. The molecular weight excluding hydrogens is 898 g/mol. The Morgan fingerprint density at radius 2 is 1.65 bits per heavy atom. The lowest BCUT2D eigenvalue weighted by molar-refractivity contribution is -0.145. The largest absolute Gasteiger partial charge is 0.362 e. The van der Waals surface area contributed by atoms with Crippen molar-refractivity contribution in [3.63, 3.8) is 0 Å². The van der Waals surface area contributed by atoms with Gasteiger partial charge in [0.1, 0.15) is 48.4 Å². The van der Waals surface area contributed by atoms with E-state index >= 15 is 0 Å². The van der Waals surface area contributed by atoms with Crippen molar-refractivity contribution < 1.29 is 28.3 Å². The lowest BCUT2D eigenvalue weighted by atomic mass is 9.85. The number of rotatable bonds is 14. The van der Waals surface area contributed by atoms with Crippen molar-refractivity contribution in [2.24, 2.45) is 5.41 Å². The molecule has 69 heavy (non-hydrogen) atoms. The number of pyridine rings is 1. The minimum Gasteiger partial charge on any atom is -0.362 e. The number of hydrogen-bond donors (Lipinski definition) is 2. The summed E-state index contributed by atoms with van der Waals surface area (Å²) < 4.78 is 21.6. The summed E-state index contributed by atoms with van der Waals surface area (Å²) >= 11 is 1.59. The first kappa shape index (κ1) is 47.3. The van der Waals surface area contributed by atoms with E-state index < -0.39 is 30.0 Å². The van der Waals surface area contributed by atoms with Crippen molar-refractivity contribution in [3.05, 3.63) is 113 Å². The number of carbonyl (C=O) groups is 4. The fraction of sp³-hybridized carbons (Fsp3) is 0.412. The summed E-state index contributed by atoms with van der Waals surface area (Å²) in [7, 11) is 0. The molecule has 360 valence electrons. The molecule has 3 atom stereocenters. The van der Waals surface area contributed by atoms with Gasteiger partial charge in [-0.1, -0.05) is 63.2 Å². The molecule has 16 nitrogen and oxygen atoms in total. The van der Waals surface area contributed by atoms with Gasteiger partial charge in [0, 0.05) is 45.8 Å². The van der Waals surface area contributed by atoms with Crippen molar-refractivity contribution in [2.45, 2.75) is 78.0 Å². The summed E-state index contributed by atoms with van der Waals surface area (Å²) in [4.78, 5) is 76.7. The Morgan fingerprint density at radius 3 is 2.41 bits per heavy atom. The zero-order valence-electron chi connectivity index (χ0n) is 39.4. The Labute approximate surface area is 404 Å². The first-order chi connectivity index (χ1) is 33.3. The van der Waals surface area contributed by atoms with Gasteiger partial charge in [0.2, 0.25) is 23.6 Å². The monoisotopic (exact) mass is 955 g/mol. The topological polar surface area (TPSA) is 170 Å². The molecule has 3 fully saturated rings. The molecule has 2 N–H and O–H groups in total. The fourth-order valence-corrected chi connectivity index (χ4v) is 10.3. The Morgan fingerprint density at radius 1 is 0.870 bits per heavy atom. The van der Waals surface area contributed by atoms with Gasteiger partial charge in [0.05, 0.1) is 34.0 Å². The average molecular weight is 956 g/mol. The molecule has 3 aliphatic heterocycles. The van der Waals surface area contributed by atoms with Crippen LogP contribution in [0.2, 0.25) is 0 Å². The SMILES string of the molecule is Cc1ncsc1-c1ccc(CNC(=O)[C@@H]2CCCN2C(=O)[C@@H](NC(=O)COCC(=O)N2CCN(c3cccc(-c4cnc5ccc(N6CCC[C@@H]6c6cccc(F)c6)nn45)n3)CC2)C(C)(C)C)cc1. The highest BCUT2D eigenvalue weighted by Crippen LogP contribution is 2.36. The number of carbonyl (C=O) groups excluding carboxylic acids is 4. The number of nitrogens with zero attached hydrogens (tertiary/aromatic N) is 9. The predicted octanol–water partition coefficient (Wildman–Crippen LogP) is 6.21. The van der Waals surface area contributed by atoms with E-state index in [9.17, 15) is 23.6 Å². The molecular formula is C51H58FN11O5S. The van der Waals surface area contributed by atoms with Crippen LogP contribution in [0.15, 0.2) is 90.6 Å². The van der Waals surface area contributed by atoms with Gasteiger partial charge < -0.3 is 35.0 Å². The Hall–Kier alpha value is -6.79. The highest BCUT2D eigenvalue weighted by atomic mass is 32.1. The fourth-order valence-electron chi connectivity index (χ4n) is 9.52. The Balaban J connectivity index is 0.745. The molecule has 0 aliphatic carbocycles. The number of nitrogens with one attached hydrogen (secondary N) is 2. The average Bonchev–Trinajstić information content (AvgIpc) is 4.20. The molecule has 0 spiro atoms. The van der Waals surface area contributed by atoms with Crippen molar-refractivity contribution in [1.29, 1.82) is 0 Å². The predicted molar refractivity (Wildman–Crippen MR) is 262 cm³/mol. The standard InChI is InChI=1S/C51H58FN11O5S/c1-33-47(69-32-55-33)35-17-15-34(16-18-35)28-54-49(66)40-13-8-22-62(40)50(67)48(51(2,3)4)57-45(64)30-68-31-46(65)60-25-23-59(24-26-60)43-14-6-11-38(56-43)41-29-53-42-19-20-44(58-63(41)42)61-21-7-12-39(61)36-9-5-10-37(52)27-36/h5-6,9-11,14-20,27,29,32,39-40,48H,7-8,12-13,21-26,28,30-31H2,1-4H3,(H,54,66)(H,57,64)/t39-,40+,48-/m1/s1. The number of thiazole rings is 1. The van der Waals surface area contributed by atoms with Crippen LogP contribution in [-0.4, -0.2) is 123 Å². The van der Waals surface area contributed by atoms with Crippen LogP contribution in [0.4, 0.5) is 16.0 Å². The maximum Gasteiger partial charge on any atom is 0.248 e. The number of hydrogen-bond acceptors (Lipinski definition) is 12. The molecule has 7 heterocycles. The number of fused-ring (bicyclic) bond motifs is 1. The number of piperazine rings is 1. The first-order valence-electron chi connectivity index (χ1n) is 23.6. The minimum absolute atomic E-state index is 0.0253. The molecule has 0 saturated carbocycles. The van der Waals surface area contributed by atoms with Gasteiger partial charge in [-0.3, -0.25) is 19.2 Å². The maximum atomic E-state index is 14.1. The van der Waals surface area contributed by atoms with Crippen molar-refractivity contribution in [1.82, 2.24) is 45.0 Å². The smallest absolute Gasteiger partial charge is 0.248 e. The second kappa shape index (κ2) is 20.4. The number of amides is 4. The van der Waals surface area contributed by atoms with E-state index in [1.54, 1.807) is 44.0 Å². The molecule has 9 rings (SSSR count). The summed E-state index contributed by atoms with van der Waals surface area (Å²) in [6.07, 6.45) is 4.85. The van der Waals surface area contributed by atoms with Crippen LogP contribution >= 0.6 is 11.3 Å². The lowest BCUT2D eigenvalue weighted by Crippen LogP contribution is -2.58. The van der Waals surface area contributed by atoms with Crippen LogP contribution < -0.4 is 20.4 Å². The number of benzene rings is 2. The third kappa shape index (κ3) is 10.6. The minimum atomic E-state index is -0.919. The van der Waals surface area contributed by atoms with Crippen molar-refractivity contribution >= 4 is 52.2 Å². The van der Waals surface area contributed by atoms with Crippen LogP contribution in [0.5, 0.6) is 0 Å². The molecule has 0 bridgehead atoms. The number of ether oxygens (including phenoxy) is 1.